The number of hydrogen-bond donors (Lipinski definition) is 1. The number of guanidine groups is 1. The Morgan fingerprint density at radius 3 is 2.92 bits per heavy atom. The predicted molar refractivity (Wildman–Crippen MR) is 111 cm³/mol. The highest BCUT2D eigenvalue weighted by atomic mass is 127. The number of rotatable bonds is 8. The number of unbranched alkanes of at least 4 members (excludes halogenated alkanes) is 1. The number of nitrogens with zero attached hydrogens (tertiary/aromatic N) is 5. The molecule has 0 aliphatic carbocycles. The van der Waals surface area contributed by atoms with Crippen molar-refractivity contribution < 1.29 is 4.74 Å². The number of aromatic nitrogens is 3. The molecule has 1 saturated heterocycles. The van der Waals surface area contributed by atoms with E-state index in [0.29, 0.717) is 6.54 Å². The van der Waals surface area contributed by atoms with E-state index < -0.39 is 0 Å². The van der Waals surface area contributed by atoms with E-state index in [1.165, 1.54) is 0 Å². The van der Waals surface area contributed by atoms with Gasteiger partial charge in [0.2, 0.25) is 0 Å². The largest absolute Gasteiger partial charge is 0.376 e. The molecule has 2 heterocycles. The van der Waals surface area contributed by atoms with E-state index in [0.717, 1.165) is 63.0 Å². The summed E-state index contributed by atoms with van der Waals surface area (Å²) in [6, 6.07) is 0. The molecule has 142 valence electrons. The van der Waals surface area contributed by atoms with Crippen LogP contribution in [0.4, 0.5) is 0 Å². The van der Waals surface area contributed by atoms with Crippen molar-refractivity contribution in [1.29, 1.82) is 0 Å². The monoisotopic (exact) mass is 462 g/mol. The molecule has 1 atom stereocenters. The van der Waals surface area contributed by atoms with Crippen molar-refractivity contribution in [1.82, 2.24) is 25.0 Å². The van der Waals surface area contributed by atoms with Crippen LogP contribution in [-0.4, -0.2) is 58.5 Å². The molecule has 1 N–H and O–H groups in total. The summed E-state index contributed by atoms with van der Waals surface area (Å²) in [7, 11) is 4.03. The van der Waals surface area contributed by atoms with Gasteiger partial charge in [0.1, 0.15) is 12.4 Å². The van der Waals surface area contributed by atoms with E-state index in [2.05, 4.69) is 34.0 Å². The average molecular weight is 462 g/mol. The normalized spacial score (nSPS) is 17.2. The maximum atomic E-state index is 5.69. The molecular weight excluding hydrogens is 431 g/mol. The van der Waals surface area contributed by atoms with Crippen LogP contribution >= 0.6 is 24.0 Å². The van der Waals surface area contributed by atoms with Crippen LogP contribution in [0.5, 0.6) is 0 Å². The summed E-state index contributed by atoms with van der Waals surface area (Å²) in [6.45, 7) is 8.83. The number of halogens is 1. The average Bonchev–Trinajstić information content (AvgIpc) is 3.20. The van der Waals surface area contributed by atoms with Gasteiger partial charge in [-0.05, 0) is 32.6 Å². The van der Waals surface area contributed by atoms with Crippen LogP contribution in [0.15, 0.2) is 17.6 Å². The molecule has 1 fully saturated rings. The molecule has 0 spiro atoms. The Morgan fingerprint density at radius 2 is 2.32 bits per heavy atom. The van der Waals surface area contributed by atoms with Crippen molar-refractivity contribution in [2.24, 2.45) is 12.0 Å². The molecule has 0 amide bonds. The quantitative estimate of drug-likeness (QED) is 0.211. The van der Waals surface area contributed by atoms with Gasteiger partial charge in [0.05, 0.1) is 6.10 Å². The topological polar surface area (TPSA) is 67.6 Å². The Hall–Kier alpha value is -1.16. The van der Waals surface area contributed by atoms with Crippen molar-refractivity contribution in [3.05, 3.63) is 24.3 Å². The molecule has 0 radical (unpaired) electrons. The predicted octanol–water partition coefficient (Wildman–Crippen LogP) is 2.26. The summed E-state index contributed by atoms with van der Waals surface area (Å²) in [5.41, 5.74) is 0. The van der Waals surface area contributed by atoms with Gasteiger partial charge in [-0.3, -0.25) is 0 Å². The molecule has 25 heavy (non-hydrogen) atoms. The van der Waals surface area contributed by atoms with Crippen LogP contribution in [0.1, 0.15) is 37.3 Å². The van der Waals surface area contributed by atoms with Gasteiger partial charge >= 0.3 is 0 Å². The smallest absolute Gasteiger partial charge is 0.194 e. The zero-order valence-corrected chi connectivity index (χ0v) is 17.9. The van der Waals surface area contributed by atoms with Crippen molar-refractivity contribution in [2.75, 3.05) is 26.7 Å². The Labute approximate surface area is 167 Å². The second kappa shape index (κ2) is 11.5. The molecule has 2 rings (SSSR count). The molecule has 1 unspecified atom stereocenters. The first-order chi connectivity index (χ1) is 11.6. The molecule has 1 aliphatic heterocycles. The lowest BCUT2D eigenvalue weighted by Crippen LogP contribution is -2.42. The lowest BCUT2D eigenvalue weighted by Gasteiger charge is -2.23. The fraction of sp³-hybridized carbons (Fsp3) is 0.706. The number of hydrogen-bond acceptors (Lipinski definition) is 4. The summed E-state index contributed by atoms with van der Waals surface area (Å²) in [6.07, 6.45) is 6.56. The maximum absolute atomic E-state index is 5.69. The zero-order chi connectivity index (χ0) is 17.4. The summed E-state index contributed by atoms with van der Waals surface area (Å²) in [5.74, 6) is 2.65. The van der Waals surface area contributed by atoms with Crippen LogP contribution in [-0.2, 0) is 18.3 Å². The van der Waals surface area contributed by atoms with Crippen LogP contribution < -0.4 is 5.32 Å². The van der Waals surface area contributed by atoms with Crippen LogP contribution in [0.2, 0.25) is 0 Å². The highest BCUT2D eigenvalue weighted by molar-refractivity contribution is 14.0. The first-order valence-corrected chi connectivity index (χ1v) is 8.68. The van der Waals surface area contributed by atoms with E-state index in [1.807, 2.05) is 24.6 Å². The van der Waals surface area contributed by atoms with Crippen LogP contribution in [0.3, 0.4) is 0 Å². The Balaban J connectivity index is 0.00000312. The number of aryl methyl sites for hydroxylation is 1. The molecule has 1 aromatic rings. The molecule has 0 bridgehead atoms. The molecule has 0 aromatic carbocycles. The Kier molecular flexibility index (Phi) is 10.0. The Bertz CT molecular complexity index is 553. The first-order valence-electron chi connectivity index (χ1n) is 8.68. The first kappa shape index (κ1) is 21.9. The van der Waals surface area contributed by atoms with Gasteiger partial charge in [0, 0.05) is 33.8 Å². The molecular formula is C17H31IN6O. The number of ether oxygens (including phenoxy) is 1. The van der Waals surface area contributed by atoms with Gasteiger partial charge in [-0.15, -0.1) is 40.8 Å². The fourth-order valence-electron chi connectivity index (χ4n) is 2.64. The van der Waals surface area contributed by atoms with E-state index in [-0.39, 0.29) is 30.1 Å². The minimum Gasteiger partial charge on any atom is -0.376 e. The third-order valence-electron chi connectivity index (χ3n) is 4.33. The minimum absolute atomic E-state index is 0. The molecule has 8 heteroatoms. The van der Waals surface area contributed by atoms with E-state index in [4.69, 9.17) is 9.73 Å². The second-order valence-electron chi connectivity index (χ2n) is 6.23. The van der Waals surface area contributed by atoms with Gasteiger partial charge in [-0.2, -0.15) is 0 Å². The van der Waals surface area contributed by atoms with Gasteiger partial charge in [-0.1, -0.05) is 6.08 Å². The Morgan fingerprint density at radius 1 is 1.52 bits per heavy atom. The standard InChI is InChI=1S/C17H30N6O.HI/c1-5-6-7-10-22(3)17(18-12-15-9-8-11-24-15)19-13-16-21-20-14(2)23(16)4;/h5,15H,1,6-13H2,2-4H3,(H,18,19);1H. The summed E-state index contributed by atoms with van der Waals surface area (Å²) in [4.78, 5) is 6.89. The van der Waals surface area contributed by atoms with Crippen LogP contribution in [0.25, 0.3) is 0 Å². The fourth-order valence-corrected chi connectivity index (χ4v) is 2.64. The second-order valence-corrected chi connectivity index (χ2v) is 6.23. The van der Waals surface area contributed by atoms with Gasteiger partial charge in [0.15, 0.2) is 11.8 Å². The lowest BCUT2D eigenvalue weighted by molar-refractivity contribution is 0.113. The molecule has 1 aliphatic rings. The molecule has 7 nitrogen and oxygen atoms in total. The summed E-state index contributed by atoms with van der Waals surface area (Å²) >= 11 is 0. The van der Waals surface area contributed by atoms with E-state index >= 15 is 0 Å². The zero-order valence-electron chi connectivity index (χ0n) is 15.6. The minimum atomic E-state index is 0. The summed E-state index contributed by atoms with van der Waals surface area (Å²) in [5, 5.41) is 11.7. The highest BCUT2D eigenvalue weighted by Gasteiger charge is 2.17. The molecule has 1 aromatic heterocycles. The lowest BCUT2D eigenvalue weighted by atomic mass is 10.2. The highest BCUT2D eigenvalue weighted by Crippen LogP contribution is 2.10. The summed E-state index contributed by atoms with van der Waals surface area (Å²) < 4.78 is 7.66. The molecule has 0 saturated carbocycles. The van der Waals surface area contributed by atoms with E-state index in [9.17, 15) is 0 Å². The number of allylic oxidation sites excluding steroid dienone is 1. The van der Waals surface area contributed by atoms with Crippen molar-refractivity contribution >= 4 is 29.9 Å². The van der Waals surface area contributed by atoms with E-state index in [1.54, 1.807) is 0 Å². The van der Waals surface area contributed by atoms with Gasteiger partial charge in [-0.25, -0.2) is 4.99 Å². The van der Waals surface area contributed by atoms with Crippen molar-refractivity contribution in [3.8, 4) is 0 Å². The van der Waals surface area contributed by atoms with Crippen molar-refractivity contribution in [2.45, 2.75) is 45.3 Å². The third kappa shape index (κ3) is 6.93. The van der Waals surface area contributed by atoms with Crippen LogP contribution in [0, 0.1) is 6.92 Å². The maximum Gasteiger partial charge on any atom is 0.194 e. The van der Waals surface area contributed by atoms with Crippen molar-refractivity contribution in [3.63, 3.8) is 0 Å². The SMILES string of the molecule is C=CCCCN(C)C(=NCc1nnc(C)n1C)NCC1CCCO1.I. The van der Waals surface area contributed by atoms with Gasteiger partial charge in [0.25, 0.3) is 0 Å². The number of nitrogens with one attached hydrogen (secondary N) is 1. The van der Waals surface area contributed by atoms with Gasteiger partial charge < -0.3 is 19.5 Å². The third-order valence-corrected chi connectivity index (χ3v) is 4.33. The number of aliphatic imine (C=N–C) groups is 1.